The second-order valence-electron chi connectivity index (χ2n) is 0.224. The molecule has 0 amide bonds. The summed E-state index contributed by atoms with van der Waals surface area (Å²) in [5, 5.41) is 14.8. The van der Waals surface area contributed by atoms with Crippen LogP contribution >= 0.6 is 0 Å². The van der Waals surface area contributed by atoms with Gasteiger partial charge in [0.05, 0.1) is 5.09 Å². The second-order valence-corrected chi connectivity index (χ2v) is 0.224. The Balaban J connectivity index is -0.00000000450. The van der Waals surface area contributed by atoms with Crippen molar-refractivity contribution in [2.24, 2.45) is 0 Å². The van der Waals surface area contributed by atoms with Crippen molar-refractivity contribution in [2.45, 2.75) is 0 Å². The first-order chi connectivity index (χ1) is 1.73. The fourth-order valence-corrected chi connectivity index (χ4v) is 0. The van der Waals surface area contributed by atoms with Crippen LogP contribution in [0.4, 0.5) is 0 Å². The van der Waals surface area contributed by atoms with Gasteiger partial charge in [0.15, 0.2) is 0 Å². The van der Waals surface area contributed by atoms with Crippen molar-refractivity contribution < 1.29 is 16.0 Å². The first kappa shape index (κ1) is 40.6. The average Bonchev–Trinajstić information content (AvgIpc) is 0.811. The van der Waals surface area contributed by atoms with Gasteiger partial charge >= 0.3 is 113 Å². The average molecular weight is 215 g/mol. The predicted octanol–water partition coefficient (Wildman–Crippen LogP) is -1.68. The minimum atomic E-state index is -1.75. The molecule has 0 radical (unpaired) electrons. The van der Waals surface area contributed by atoms with Crippen LogP contribution in [0.25, 0.3) is 0 Å². The SMILES string of the molecule is O=[N+]([O-])[O-].[Ca+2].[Ca+2].[Ca+2].[O-2].[OH-]. The zero-order valence-corrected chi connectivity index (χ0v) is 11.3. The molecule has 0 bridgehead atoms. The molecule has 0 aliphatic carbocycles. The van der Waals surface area contributed by atoms with Gasteiger partial charge in [-0.15, -0.1) is 0 Å². The van der Waals surface area contributed by atoms with Gasteiger partial charge in [0.1, 0.15) is 0 Å². The normalized spacial score (nSPS) is 2.67. The van der Waals surface area contributed by atoms with E-state index in [0.29, 0.717) is 0 Å². The molecule has 1 N–H and O–H groups in total. The standard InChI is InChI=1S/3Ca.NO3.H2O.O/c;;;2-1(3)4;;/h;;;;1H2;/q3*+2;-1;;-2/p-1. The van der Waals surface area contributed by atoms with E-state index >= 15 is 0 Å². The fourth-order valence-electron chi connectivity index (χ4n) is 0. The molecule has 0 aromatic rings. The van der Waals surface area contributed by atoms with E-state index in [1.54, 1.807) is 0 Å². The maximum Gasteiger partial charge on any atom is 2.00 e. The smallest absolute Gasteiger partial charge is 2.00 e. The summed E-state index contributed by atoms with van der Waals surface area (Å²) in [6.45, 7) is 0. The number of nitrogens with zero attached hydrogens (tertiary/aromatic N) is 1. The van der Waals surface area contributed by atoms with Crippen molar-refractivity contribution in [3.8, 4) is 0 Å². The van der Waals surface area contributed by atoms with Crippen LogP contribution < -0.4 is 0 Å². The Morgan fingerprint density at radius 1 is 1.00 bits per heavy atom. The molecule has 0 atom stereocenters. The van der Waals surface area contributed by atoms with Gasteiger partial charge in [-0.25, -0.2) is 0 Å². The predicted molar refractivity (Wildman–Crippen MR) is 30.2 cm³/mol. The first-order valence-electron chi connectivity index (χ1n) is 0.548. The summed E-state index contributed by atoms with van der Waals surface area (Å²) < 4.78 is 0. The molecule has 0 fully saturated rings. The summed E-state index contributed by atoms with van der Waals surface area (Å²) in [4.78, 5) is 8.25. The third-order valence-electron chi connectivity index (χ3n) is 0. The molecule has 0 saturated carbocycles. The summed E-state index contributed by atoms with van der Waals surface area (Å²) in [5.74, 6) is 0. The molecule has 0 aromatic heterocycles. The maximum absolute atomic E-state index is 8.25. The summed E-state index contributed by atoms with van der Waals surface area (Å²) >= 11 is 0. The van der Waals surface area contributed by atoms with Gasteiger partial charge in [0.25, 0.3) is 0 Å². The van der Waals surface area contributed by atoms with E-state index in [2.05, 4.69) is 0 Å². The third kappa shape index (κ3) is 103. The topological polar surface area (TPSA) is 125 Å². The summed E-state index contributed by atoms with van der Waals surface area (Å²) in [6, 6.07) is 0. The molecule has 40 valence electrons. The molecule has 0 aliphatic heterocycles. The number of rotatable bonds is 0. The summed E-state index contributed by atoms with van der Waals surface area (Å²) in [6.07, 6.45) is 0. The molecule has 0 heterocycles. The Hall–Kier alpha value is 2.90. The first-order valence-corrected chi connectivity index (χ1v) is 0.548. The zero-order chi connectivity index (χ0) is 3.58. The van der Waals surface area contributed by atoms with Crippen molar-refractivity contribution in [1.29, 1.82) is 0 Å². The largest absolute Gasteiger partial charge is 2.00 e. The van der Waals surface area contributed by atoms with Crippen LogP contribution in [-0.2, 0) is 5.48 Å². The van der Waals surface area contributed by atoms with E-state index < -0.39 is 5.09 Å². The van der Waals surface area contributed by atoms with E-state index in [-0.39, 0.29) is 124 Å². The van der Waals surface area contributed by atoms with E-state index in [9.17, 15) is 0 Å². The molecule has 9 heavy (non-hydrogen) atoms. The van der Waals surface area contributed by atoms with Crippen LogP contribution in [0.1, 0.15) is 0 Å². The van der Waals surface area contributed by atoms with Crippen molar-refractivity contribution in [1.82, 2.24) is 0 Å². The molecule has 0 rings (SSSR count). The van der Waals surface area contributed by atoms with Crippen LogP contribution in [0, 0.1) is 15.3 Å². The van der Waals surface area contributed by atoms with Crippen LogP contribution in [0.2, 0.25) is 0 Å². The molecule has 6 nitrogen and oxygen atoms in total. The van der Waals surface area contributed by atoms with E-state index in [1.807, 2.05) is 0 Å². The van der Waals surface area contributed by atoms with Crippen molar-refractivity contribution >= 4 is 113 Å². The minimum Gasteiger partial charge on any atom is -2.00 e. The monoisotopic (exact) mass is 215 g/mol. The minimum absolute atomic E-state index is 0. The Kier molecular flexibility index (Phi) is 139. The van der Waals surface area contributed by atoms with Gasteiger partial charge in [-0.3, -0.25) is 0 Å². The quantitative estimate of drug-likeness (QED) is 0.272. The van der Waals surface area contributed by atoms with E-state index in [4.69, 9.17) is 15.3 Å². The molecule has 0 spiro atoms. The molecule has 0 aromatic carbocycles. The van der Waals surface area contributed by atoms with Gasteiger partial charge in [0, 0.05) is 0 Å². The van der Waals surface area contributed by atoms with Crippen molar-refractivity contribution in [3.05, 3.63) is 15.3 Å². The van der Waals surface area contributed by atoms with Gasteiger partial charge in [-0.2, -0.15) is 0 Å². The van der Waals surface area contributed by atoms with Crippen LogP contribution in [-0.4, -0.2) is 124 Å². The van der Waals surface area contributed by atoms with Gasteiger partial charge < -0.3 is 26.3 Å². The summed E-state index contributed by atoms with van der Waals surface area (Å²) in [5.41, 5.74) is 0. The second kappa shape index (κ2) is 30.7. The van der Waals surface area contributed by atoms with E-state index in [1.165, 1.54) is 0 Å². The summed E-state index contributed by atoms with van der Waals surface area (Å²) in [7, 11) is 0. The molecule has 9 heteroatoms. The Morgan fingerprint density at radius 3 is 1.00 bits per heavy atom. The maximum atomic E-state index is 8.25. The van der Waals surface area contributed by atoms with Gasteiger partial charge in [0.2, 0.25) is 0 Å². The Labute approximate surface area is 141 Å². The molecule has 0 saturated heterocycles. The molecular weight excluding hydrogens is 214 g/mol. The van der Waals surface area contributed by atoms with Crippen molar-refractivity contribution in [3.63, 3.8) is 0 Å². The molecule has 0 unspecified atom stereocenters. The Bertz CT molecular complexity index is 35.2. The number of hydrogen-bond acceptors (Lipinski definition) is 4. The molecular formula is HCa3NO5+2. The molecule has 0 aliphatic rings. The number of hydrogen-bond donors (Lipinski definition) is 0. The van der Waals surface area contributed by atoms with Crippen LogP contribution in [0.15, 0.2) is 0 Å². The Morgan fingerprint density at radius 2 is 1.00 bits per heavy atom. The fraction of sp³-hybridized carbons (Fsp3) is 0. The van der Waals surface area contributed by atoms with Crippen LogP contribution in [0.3, 0.4) is 0 Å². The van der Waals surface area contributed by atoms with Gasteiger partial charge in [-0.05, 0) is 0 Å². The van der Waals surface area contributed by atoms with Gasteiger partial charge in [-0.1, -0.05) is 0 Å². The third-order valence-corrected chi connectivity index (χ3v) is 0. The van der Waals surface area contributed by atoms with Crippen LogP contribution in [0.5, 0.6) is 0 Å². The zero-order valence-electron chi connectivity index (χ0n) is 4.65. The van der Waals surface area contributed by atoms with Crippen molar-refractivity contribution in [2.75, 3.05) is 0 Å². The van der Waals surface area contributed by atoms with E-state index in [0.717, 1.165) is 0 Å².